The van der Waals surface area contributed by atoms with E-state index in [1.165, 1.54) is 0 Å². The molecule has 186 valence electrons. The maximum Gasteiger partial charge on any atom is 0.321 e. The number of anilines is 1. The van der Waals surface area contributed by atoms with Crippen molar-refractivity contribution in [2.45, 2.75) is 39.8 Å². The van der Waals surface area contributed by atoms with E-state index in [1.54, 1.807) is 36.0 Å². The summed E-state index contributed by atoms with van der Waals surface area (Å²) in [5.74, 6) is 6.12. The van der Waals surface area contributed by atoms with Crippen molar-refractivity contribution in [3.63, 3.8) is 0 Å². The third-order valence-electron chi connectivity index (χ3n) is 5.85. The van der Waals surface area contributed by atoms with Gasteiger partial charge in [0.1, 0.15) is 11.7 Å². The lowest BCUT2D eigenvalue weighted by Gasteiger charge is -2.37. The number of aliphatic hydroxyl groups is 1. The van der Waals surface area contributed by atoms with Crippen LogP contribution in [-0.4, -0.2) is 70.7 Å². The number of pyridine rings is 1. The first-order valence-electron chi connectivity index (χ1n) is 11.9. The number of ether oxygens (including phenoxy) is 1. The number of aromatic nitrogens is 1. The summed E-state index contributed by atoms with van der Waals surface area (Å²) in [6.07, 6.45) is 1.16. The molecule has 8 heteroatoms. The quantitative estimate of drug-likeness (QED) is 0.642. The predicted octanol–water partition coefficient (Wildman–Crippen LogP) is 3.47. The molecule has 0 unspecified atom stereocenters. The molecule has 0 bridgehead atoms. The molecule has 1 aliphatic rings. The Balaban J connectivity index is 1.89. The molecule has 8 nitrogen and oxygen atoms in total. The van der Waals surface area contributed by atoms with Crippen molar-refractivity contribution in [1.29, 1.82) is 0 Å². The first-order valence-corrected chi connectivity index (χ1v) is 11.9. The minimum atomic E-state index is -0.429. The van der Waals surface area contributed by atoms with Crippen LogP contribution in [0, 0.1) is 23.7 Å². The van der Waals surface area contributed by atoms with Crippen molar-refractivity contribution in [3.05, 3.63) is 53.7 Å². The van der Waals surface area contributed by atoms with Crippen molar-refractivity contribution in [2.24, 2.45) is 11.8 Å². The first-order chi connectivity index (χ1) is 16.7. The number of hydrogen-bond donors (Lipinski definition) is 2. The average Bonchev–Trinajstić information content (AvgIpc) is 2.84. The molecular formula is C27H34N4O4. The van der Waals surface area contributed by atoms with Crippen LogP contribution in [0.25, 0.3) is 0 Å². The summed E-state index contributed by atoms with van der Waals surface area (Å²) in [6.45, 7) is 8.22. The number of nitrogens with zero attached hydrogens (tertiary/aromatic N) is 3. The number of likely N-dealkylation sites (N-methyl/N-ethyl adjacent to an activating group) is 1. The molecule has 2 heterocycles. The zero-order valence-corrected chi connectivity index (χ0v) is 21.0. The van der Waals surface area contributed by atoms with E-state index < -0.39 is 6.10 Å². The molecule has 1 aromatic carbocycles. The van der Waals surface area contributed by atoms with Gasteiger partial charge in [-0.25, -0.2) is 9.78 Å². The molecule has 0 aliphatic carbocycles. The number of aliphatic hydroxyl groups excluding tert-OH is 1. The van der Waals surface area contributed by atoms with Crippen LogP contribution >= 0.6 is 0 Å². The highest BCUT2D eigenvalue weighted by molar-refractivity contribution is 5.97. The van der Waals surface area contributed by atoms with Gasteiger partial charge in [-0.3, -0.25) is 4.79 Å². The monoisotopic (exact) mass is 478 g/mol. The summed E-state index contributed by atoms with van der Waals surface area (Å²) in [5.41, 5.74) is 1.62. The fourth-order valence-electron chi connectivity index (χ4n) is 3.71. The molecule has 3 atom stereocenters. The third kappa shape index (κ3) is 6.74. The van der Waals surface area contributed by atoms with Crippen LogP contribution in [-0.2, 0) is 0 Å². The second-order valence-electron chi connectivity index (χ2n) is 9.30. The number of amides is 3. The molecule has 1 aromatic heterocycles. The predicted molar refractivity (Wildman–Crippen MR) is 135 cm³/mol. The zero-order valence-electron chi connectivity index (χ0n) is 21.0. The Morgan fingerprint density at radius 2 is 2.03 bits per heavy atom. The molecule has 0 spiro atoms. The summed E-state index contributed by atoms with van der Waals surface area (Å²) in [7, 11) is 1.70. The zero-order chi connectivity index (χ0) is 25.5. The minimum Gasteiger partial charge on any atom is -0.472 e. The lowest BCUT2D eigenvalue weighted by molar-refractivity contribution is 0.0356. The molecule has 0 saturated heterocycles. The topological polar surface area (TPSA) is 95.0 Å². The van der Waals surface area contributed by atoms with Crippen LogP contribution in [0.3, 0.4) is 0 Å². The molecule has 0 saturated carbocycles. The normalized spacial score (nSPS) is 18.4. The number of nitrogens with one attached hydrogen (secondary N) is 1. The first kappa shape index (κ1) is 26.0. The highest BCUT2D eigenvalue weighted by atomic mass is 16.5. The van der Waals surface area contributed by atoms with Crippen LogP contribution in [0.2, 0.25) is 0 Å². The number of benzene rings is 1. The van der Waals surface area contributed by atoms with Crippen LogP contribution in [0.15, 0.2) is 42.6 Å². The smallest absolute Gasteiger partial charge is 0.321 e. The molecule has 2 N–H and O–H groups in total. The van der Waals surface area contributed by atoms with Gasteiger partial charge in [-0.1, -0.05) is 50.8 Å². The van der Waals surface area contributed by atoms with Crippen LogP contribution in [0.1, 0.15) is 43.6 Å². The number of carbonyl (C=O) groups is 2. The Morgan fingerprint density at radius 3 is 2.69 bits per heavy atom. The average molecular weight is 479 g/mol. The number of urea groups is 1. The van der Waals surface area contributed by atoms with Crippen molar-refractivity contribution in [1.82, 2.24) is 14.8 Å². The van der Waals surface area contributed by atoms with E-state index >= 15 is 0 Å². The van der Waals surface area contributed by atoms with Crippen molar-refractivity contribution < 1.29 is 19.4 Å². The van der Waals surface area contributed by atoms with E-state index in [0.29, 0.717) is 23.4 Å². The number of fused-ring (bicyclic) bond motifs is 1. The second kappa shape index (κ2) is 11.7. The van der Waals surface area contributed by atoms with Gasteiger partial charge in [0.15, 0.2) is 0 Å². The molecular weight excluding hydrogens is 444 g/mol. The summed E-state index contributed by atoms with van der Waals surface area (Å²) in [6, 6.07) is 10.3. The highest BCUT2D eigenvalue weighted by Crippen LogP contribution is 2.27. The SMILES string of the molecule is CC(C)C#Cc1cnc2c(c1)C(=O)N([C@@H](C)CO)C[C@@H](C)[C@H](CN(C)C(=O)Nc1ccccc1)O2. The fraction of sp³-hybridized carbons (Fsp3) is 0.444. The van der Waals surface area contributed by atoms with Gasteiger partial charge in [0.2, 0.25) is 5.88 Å². The van der Waals surface area contributed by atoms with Crippen LogP contribution in [0.4, 0.5) is 10.5 Å². The van der Waals surface area contributed by atoms with Crippen LogP contribution < -0.4 is 10.1 Å². The van der Waals surface area contributed by atoms with E-state index in [2.05, 4.69) is 22.1 Å². The fourth-order valence-corrected chi connectivity index (χ4v) is 3.71. The standard InChI is InChI=1S/C27H34N4O4/c1-18(2)11-12-21-13-23-25(28-14-21)35-24(19(3)15-31(26(23)33)20(4)17-32)16-30(5)27(34)29-22-9-7-6-8-10-22/h6-10,13-14,18-20,24,32H,15-17H2,1-5H3,(H,29,34)/t19-,20+,24+/m1/s1. The highest BCUT2D eigenvalue weighted by Gasteiger charge is 2.34. The third-order valence-corrected chi connectivity index (χ3v) is 5.85. The molecule has 0 radical (unpaired) electrons. The Bertz CT molecular complexity index is 1090. The molecule has 1 aliphatic heterocycles. The largest absolute Gasteiger partial charge is 0.472 e. The molecule has 3 rings (SSSR count). The van der Waals surface area contributed by atoms with Crippen molar-refractivity contribution in [3.8, 4) is 17.7 Å². The summed E-state index contributed by atoms with van der Waals surface area (Å²) in [5, 5.41) is 12.7. The van der Waals surface area contributed by atoms with Gasteiger partial charge in [0.05, 0.1) is 19.2 Å². The van der Waals surface area contributed by atoms with E-state index in [9.17, 15) is 14.7 Å². The lowest BCUT2D eigenvalue weighted by atomic mass is 10.00. The molecule has 3 amide bonds. The van der Waals surface area contributed by atoms with E-state index in [1.807, 2.05) is 51.1 Å². The number of carbonyl (C=O) groups excluding carboxylic acids is 2. The minimum absolute atomic E-state index is 0.129. The van der Waals surface area contributed by atoms with Gasteiger partial charge in [-0.05, 0) is 25.1 Å². The van der Waals surface area contributed by atoms with E-state index in [0.717, 1.165) is 0 Å². The Kier molecular flexibility index (Phi) is 8.72. The van der Waals surface area contributed by atoms with E-state index in [4.69, 9.17) is 4.74 Å². The van der Waals surface area contributed by atoms with Gasteiger partial charge >= 0.3 is 6.03 Å². The lowest BCUT2D eigenvalue weighted by Crippen LogP contribution is -2.50. The summed E-state index contributed by atoms with van der Waals surface area (Å²) in [4.78, 5) is 33.8. The van der Waals surface area contributed by atoms with E-state index in [-0.39, 0.29) is 48.8 Å². The van der Waals surface area contributed by atoms with Gasteiger partial charge in [-0.15, -0.1) is 0 Å². The maximum absolute atomic E-state index is 13.4. The van der Waals surface area contributed by atoms with Crippen molar-refractivity contribution >= 4 is 17.6 Å². The van der Waals surface area contributed by atoms with Gasteiger partial charge in [-0.2, -0.15) is 0 Å². The molecule has 0 fully saturated rings. The van der Waals surface area contributed by atoms with Gasteiger partial charge in [0, 0.05) is 42.9 Å². The maximum atomic E-state index is 13.4. The number of rotatable bonds is 5. The Morgan fingerprint density at radius 1 is 1.31 bits per heavy atom. The number of para-hydroxylation sites is 1. The summed E-state index contributed by atoms with van der Waals surface area (Å²) < 4.78 is 6.24. The second-order valence-corrected chi connectivity index (χ2v) is 9.30. The molecule has 2 aromatic rings. The van der Waals surface area contributed by atoms with Crippen molar-refractivity contribution in [2.75, 3.05) is 32.1 Å². The Hall–Kier alpha value is -3.57. The summed E-state index contributed by atoms with van der Waals surface area (Å²) >= 11 is 0. The molecule has 35 heavy (non-hydrogen) atoms. The van der Waals surface area contributed by atoms with Gasteiger partial charge in [0.25, 0.3) is 5.91 Å². The number of hydrogen-bond acceptors (Lipinski definition) is 5. The Labute approximate surface area is 207 Å². The van der Waals surface area contributed by atoms with Gasteiger partial charge < -0.3 is 25.0 Å². The van der Waals surface area contributed by atoms with Crippen LogP contribution in [0.5, 0.6) is 5.88 Å².